The van der Waals surface area contributed by atoms with Crippen LogP contribution in [-0.2, 0) is 4.79 Å². The molecule has 2 rings (SSSR count). The predicted octanol–water partition coefficient (Wildman–Crippen LogP) is 2.35. The lowest BCUT2D eigenvalue weighted by Gasteiger charge is -2.38. The number of nitrogens with one attached hydrogen (secondary N) is 1. The van der Waals surface area contributed by atoms with Gasteiger partial charge >= 0.3 is 0 Å². The van der Waals surface area contributed by atoms with E-state index < -0.39 is 0 Å². The zero-order valence-electron chi connectivity index (χ0n) is 11.4. The Hall–Kier alpha value is -1.51. The van der Waals surface area contributed by atoms with Gasteiger partial charge in [0.1, 0.15) is 0 Å². The van der Waals surface area contributed by atoms with Crippen LogP contribution >= 0.6 is 0 Å². The maximum absolute atomic E-state index is 11.2. The van der Waals surface area contributed by atoms with Crippen LogP contribution in [0.25, 0.3) is 0 Å². The molecule has 3 nitrogen and oxygen atoms in total. The molecule has 1 heterocycles. The maximum Gasteiger partial charge on any atom is 0.217 e. The number of nitrogens with zero attached hydrogens (tertiary/aromatic N) is 1. The van der Waals surface area contributed by atoms with Gasteiger partial charge in [-0.2, -0.15) is 0 Å². The minimum atomic E-state index is 0.0676. The molecule has 2 unspecified atom stereocenters. The second kappa shape index (κ2) is 5.42. The number of anilines is 1. The Morgan fingerprint density at radius 1 is 1.28 bits per heavy atom. The highest BCUT2D eigenvalue weighted by Crippen LogP contribution is 2.23. The van der Waals surface area contributed by atoms with Crippen molar-refractivity contribution >= 4 is 11.6 Å². The molecule has 2 atom stereocenters. The number of piperidine rings is 1. The lowest BCUT2D eigenvalue weighted by atomic mass is 9.95. The van der Waals surface area contributed by atoms with Crippen LogP contribution in [0.15, 0.2) is 24.3 Å². The summed E-state index contributed by atoms with van der Waals surface area (Å²) in [5.41, 5.74) is 2.53. The first-order chi connectivity index (χ1) is 8.54. The van der Waals surface area contributed by atoms with Gasteiger partial charge < -0.3 is 10.2 Å². The third-order valence-electron chi connectivity index (χ3n) is 3.47. The molecule has 1 N–H and O–H groups in total. The van der Waals surface area contributed by atoms with Gasteiger partial charge in [0.25, 0.3) is 0 Å². The van der Waals surface area contributed by atoms with E-state index in [2.05, 4.69) is 48.3 Å². The molecule has 1 saturated heterocycles. The van der Waals surface area contributed by atoms with Gasteiger partial charge in [0, 0.05) is 31.7 Å². The zero-order chi connectivity index (χ0) is 13.1. The minimum absolute atomic E-state index is 0.0676. The fourth-order valence-corrected chi connectivity index (χ4v) is 2.71. The van der Waals surface area contributed by atoms with Crippen LogP contribution in [-0.4, -0.2) is 25.0 Å². The summed E-state index contributed by atoms with van der Waals surface area (Å²) in [6.45, 7) is 7.92. The number of hydrogen-bond acceptors (Lipinski definition) is 2. The second-order valence-corrected chi connectivity index (χ2v) is 5.48. The van der Waals surface area contributed by atoms with Gasteiger partial charge in [-0.1, -0.05) is 24.6 Å². The predicted molar refractivity (Wildman–Crippen MR) is 74.8 cm³/mol. The summed E-state index contributed by atoms with van der Waals surface area (Å²) in [5.74, 6) is 0.676. The van der Waals surface area contributed by atoms with Crippen LogP contribution in [0.2, 0.25) is 0 Å². The standard InChI is InChI=1S/C15H22N2O/c1-11-4-6-15(7-5-11)17-9-12(2)8-14(10-17)16-13(3)18/h4-7,12,14H,8-10H2,1-3H3,(H,16,18). The Morgan fingerprint density at radius 2 is 1.94 bits per heavy atom. The first-order valence-corrected chi connectivity index (χ1v) is 6.63. The molecule has 1 aromatic rings. The average Bonchev–Trinajstić information content (AvgIpc) is 2.28. The van der Waals surface area contributed by atoms with Crippen molar-refractivity contribution in [1.29, 1.82) is 0 Å². The molecule has 0 aliphatic carbocycles. The molecule has 1 aromatic carbocycles. The molecular weight excluding hydrogens is 224 g/mol. The number of benzene rings is 1. The number of carbonyl (C=O) groups is 1. The fraction of sp³-hybridized carbons (Fsp3) is 0.533. The molecule has 0 radical (unpaired) electrons. The van der Waals surface area contributed by atoms with Gasteiger partial charge in [-0.3, -0.25) is 4.79 Å². The molecular formula is C15H22N2O. The molecule has 1 aliphatic heterocycles. The number of carbonyl (C=O) groups excluding carboxylic acids is 1. The average molecular weight is 246 g/mol. The molecule has 1 amide bonds. The molecule has 1 aliphatic rings. The first-order valence-electron chi connectivity index (χ1n) is 6.63. The van der Waals surface area contributed by atoms with E-state index in [-0.39, 0.29) is 11.9 Å². The summed E-state index contributed by atoms with van der Waals surface area (Å²) in [6, 6.07) is 8.88. The van der Waals surface area contributed by atoms with Crippen molar-refractivity contribution < 1.29 is 4.79 Å². The summed E-state index contributed by atoms with van der Waals surface area (Å²) in [7, 11) is 0. The van der Waals surface area contributed by atoms with Crippen molar-refractivity contribution in [2.45, 2.75) is 33.2 Å². The maximum atomic E-state index is 11.2. The SMILES string of the molecule is CC(=O)NC1CC(C)CN(c2ccc(C)cc2)C1. The number of amides is 1. The Morgan fingerprint density at radius 3 is 2.56 bits per heavy atom. The highest BCUT2D eigenvalue weighted by molar-refractivity contribution is 5.73. The lowest BCUT2D eigenvalue weighted by Crippen LogP contribution is -2.50. The molecule has 0 spiro atoms. The van der Waals surface area contributed by atoms with Gasteiger partial charge in [0.2, 0.25) is 5.91 Å². The van der Waals surface area contributed by atoms with Crippen molar-refractivity contribution in [3.63, 3.8) is 0 Å². The van der Waals surface area contributed by atoms with E-state index in [1.54, 1.807) is 6.92 Å². The second-order valence-electron chi connectivity index (χ2n) is 5.48. The molecule has 98 valence electrons. The fourth-order valence-electron chi connectivity index (χ4n) is 2.71. The highest BCUT2D eigenvalue weighted by atomic mass is 16.1. The van der Waals surface area contributed by atoms with Gasteiger partial charge in [0.05, 0.1) is 0 Å². The normalized spacial score (nSPS) is 23.8. The van der Waals surface area contributed by atoms with Crippen molar-refractivity contribution in [1.82, 2.24) is 5.32 Å². The van der Waals surface area contributed by atoms with Crippen molar-refractivity contribution in [3.05, 3.63) is 29.8 Å². The van der Waals surface area contributed by atoms with Crippen LogP contribution in [0.4, 0.5) is 5.69 Å². The van der Waals surface area contributed by atoms with Crippen molar-refractivity contribution in [2.24, 2.45) is 5.92 Å². The van der Waals surface area contributed by atoms with Crippen LogP contribution in [0.3, 0.4) is 0 Å². The zero-order valence-corrected chi connectivity index (χ0v) is 11.4. The van der Waals surface area contributed by atoms with E-state index in [1.165, 1.54) is 11.3 Å². The Labute approximate surface area is 109 Å². The topological polar surface area (TPSA) is 32.3 Å². The van der Waals surface area contributed by atoms with E-state index in [0.29, 0.717) is 5.92 Å². The van der Waals surface area contributed by atoms with E-state index in [9.17, 15) is 4.79 Å². The quantitative estimate of drug-likeness (QED) is 0.868. The molecule has 0 aromatic heterocycles. The van der Waals surface area contributed by atoms with Crippen LogP contribution in [0, 0.1) is 12.8 Å². The minimum Gasteiger partial charge on any atom is -0.369 e. The largest absolute Gasteiger partial charge is 0.369 e. The van der Waals surface area contributed by atoms with E-state index in [1.807, 2.05) is 0 Å². The van der Waals surface area contributed by atoms with Crippen LogP contribution in [0.1, 0.15) is 25.8 Å². The van der Waals surface area contributed by atoms with E-state index in [0.717, 1.165) is 19.5 Å². The summed E-state index contributed by atoms with van der Waals surface area (Å²) in [6.07, 6.45) is 1.07. The third-order valence-corrected chi connectivity index (χ3v) is 3.47. The van der Waals surface area contributed by atoms with E-state index in [4.69, 9.17) is 0 Å². The lowest BCUT2D eigenvalue weighted by molar-refractivity contribution is -0.119. The summed E-state index contributed by atoms with van der Waals surface area (Å²) in [4.78, 5) is 13.5. The molecule has 3 heteroatoms. The summed E-state index contributed by atoms with van der Waals surface area (Å²) in [5, 5.41) is 3.04. The smallest absolute Gasteiger partial charge is 0.217 e. The van der Waals surface area contributed by atoms with Crippen LogP contribution in [0.5, 0.6) is 0 Å². The Bertz CT molecular complexity index is 413. The van der Waals surface area contributed by atoms with Gasteiger partial charge in [0.15, 0.2) is 0 Å². The molecule has 18 heavy (non-hydrogen) atoms. The highest BCUT2D eigenvalue weighted by Gasteiger charge is 2.25. The number of rotatable bonds is 2. The number of hydrogen-bond donors (Lipinski definition) is 1. The van der Waals surface area contributed by atoms with Gasteiger partial charge in [-0.15, -0.1) is 0 Å². The first kappa shape index (κ1) is 12.9. The van der Waals surface area contributed by atoms with Crippen molar-refractivity contribution in [3.8, 4) is 0 Å². The summed E-state index contributed by atoms with van der Waals surface area (Å²) >= 11 is 0. The van der Waals surface area contributed by atoms with E-state index >= 15 is 0 Å². The Balaban J connectivity index is 2.08. The monoisotopic (exact) mass is 246 g/mol. The summed E-state index contributed by atoms with van der Waals surface area (Å²) < 4.78 is 0. The van der Waals surface area contributed by atoms with Crippen LogP contribution < -0.4 is 10.2 Å². The van der Waals surface area contributed by atoms with Crippen molar-refractivity contribution in [2.75, 3.05) is 18.0 Å². The molecule has 0 bridgehead atoms. The number of aryl methyl sites for hydroxylation is 1. The third kappa shape index (κ3) is 3.25. The molecule has 0 saturated carbocycles. The Kier molecular flexibility index (Phi) is 3.90. The van der Waals surface area contributed by atoms with Gasteiger partial charge in [-0.25, -0.2) is 0 Å². The van der Waals surface area contributed by atoms with Gasteiger partial charge in [-0.05, 0) is 31.4 Å². The molecule has 1 fully saturated rings.